The number of hydrogen-bond acceptors (Lipinski definition) is 2. The molecule has 102 valence electrons. The van der Waals surface area contributed by atoms with Crippen LogP contribution in [0.4, 0.5) is 10.5 Å². The molecule has 4 nitrogen and oxygen atoms in total. The van der Waals surface area contributed by atoms with Gasteiger partial charge in [0.2, 0.25) is 0 Å². The first kappa shape index (κ1) is 13.9. The van der Waals surface area contributed by atoms with Gasteiger partial charge in [-0.3, -0.25) is 0 Å². The molecule has 2 heterocycles. The fourth-order valence-electron chi connectivity index (χ4n) is 2.14. The lowest BCUT2D eigenvalue weighted by atomic mass is 10.1. The summed E-state index contributed by atoms with van der Waals surface area (Å²) in [7, 11) is 0. The van der Waals surface area contributed by atoms with Crippen molar-refractivity contribution in [2.75, 3.05) is 11.9 Å². The summed E-state index contributed by atoms with van der Waals surface area (Å²) in [4.78, 5) is 18.0. The van der Waals surface area contributed by atoms with Crippen LogP contribution < -0.4 is 5.32 Å². The van der Waals surface area contributed by atoms with Crippen molar-refractivity contribution in [3.63, 3.8) is 0 Å². The normalized spacial score (nSPS) is 17.8. The predicted octanol–water partition coefficient (Wildman–Crippen LogP) is 3.70. The maximum Gasteiger partial charge on any atom is 0.322 e. The number of rotatable bonds is 4. The van der Waals surface area contributed by atoms with Crippen molar-refractivity contribution in [2.45, 2.75) is 32.2 Å². The van der Waals surface area contributed by atoms with Crippen molar-refractivity contribution in [2.24, 2.45) is 0 Å². The minimum atomic E-state index is -0.124. The highest BCUT2D eigenvalue weighted by Crippen LogP contribution is 2.21. The van der Waals surface area contributed by atoms with Gasteiger partial charge in [-0.1, -0.05) is 43.5 Å². The summed E-state index contributed by atoms with van der Waals surface area (Å²) in [5, 5.41) is 3.12. The third-order valence-corrected chi connectivity index (χ3v) is 3.48. The summed E-state index contributed by atoms with van der Waals surface area (Å²) in [6, 6.07) is 3.56. The van der Waals surface area contributed by atoms with Gasteiger partial charge in [-0.25, -0.2) is 9.78 Å². The lowest BCUT2D eigenvalue weighted by Crippen LogP contribution is -2.39. The first-order chi connectivity index (χ1) is 9.22. The minimum Gasteiger partial charge on any atom is -0.314 e. The Morgan fingerprint density at radius 3 is 3.21 bits per heavy atom. The first-order valence-corrected chi connectivity index (χ1v) is 6.95. The minimum absolute atomic E-state index is 0.124. The largest absolute Gasteiger partial charge is 0.322 e. The maximum absolute atomic E-state index is 12.2. The number of nitrogens with zero attached hydrogens (tertiary/aromatic N) is 2. The van der Waals surface area contributed by atoms with Crippen LogP contribution in [-0.2, 0) is 0 Å². The number of hydrogen-bond donors (Lipinski definition) is 1. The van der Waals surface area contributed by atoms with Gasteiger partial charge in [-0.15, -0.1) is 0 Å². The molecule has 5 heteroatoms. The number of pyridine rings is 1. The van der Waals surface area contributed by atoms with Gasteiger partial charge >= 0.3 is 6.03 Å². The number of carbonyl (C=O) groups excluding carboxylic acids is 1. The average molecular weight is 280 g/mol. The molecular weight excluding hydrogens is 262 g/mol. The van der Waals surface area contributed by atoms with Crippen molar-refractivity contribution in [1.82, 2.24) is 9.88 Å². The van der Waals surface area contributed by atoms with E-state index in [0.29, 0.717) is 17.4 Å². The van der Waals surface area contributed by atoms with E-state index in [-0.39, 0.29) is 12.1 Å². The fraction of sp³-hybridized carbons (Fsp3) is 0.429. The lowest BCUT2D eigenvalue weighted by molar-refractivity contribution is 0.208. The molecule has 1 N–H and O–H groups in total. The fourth-order valence-corrected chi connectivity index (χ4v) is 2.30. The SMILES string of the molecule is CCCCC1C=CCN1C(=O)Nc1cccnc1Cl. The zero-order valence-electron chi connectivity index (χ0n) is 11.0. The van der Waals surface area contributed by atoms with E-state index in [1.165, 1.54) is 0 Å². The summed E-state index contributed by atoms with van der Waals surface area (Å²) in [5.41, 5.74) is 0.551. The number of nitrogens with one attached hydrogen (secondary N) is 1. The standard InChI is InChI=1S/C14H18ClN3O/c1-2-3-6-11-7-5-10-18(11)14(19)17-12-8-4-9-16-13(12)15/h4-5,7-9,11H,2-3,6,10H2,1H3,(H,17,19). The Hall–Kier alpha value is -1.55. The molecule has 1 atom stereocenters. The Bertz CT molecular complexity index is 476. The van der Waals surface area contributed by atoms with Gasteiger partial charge in [0.1, 0.15) is 0 Å². The molecule has 0 saturated heterocycles. The second-order valence-corrected chi connectivity index (χ2v) is 4.92. The monoisotopic (exact) mass is 279 g/mol. The number of halogens is 1. The van der Waals surface area contributed by atoms with Crippen molar-refractivity contribution < 1.29 is 4.79 Å². The number of amides is 2. The van der Waals surface area contributed by atoms with Crippen LogP contribution in [0.25, 0.3) is 0 Å². The maximum atomic E-state index is 12.2. The predicted molar refractivity (Wildman–Crippen MR) is 77.4 cm³/mol. The summed E-state index contributed by atoms with van der Waals surface area (Å²) in [6.45, 7) is 2.80. The number of unbranched alkanes of at least 4 members (excludes halogenated alkanes) is 1. The Morgan fingerprint density at radius 2 is 2.47 bits per heavy atom. The molecule has 1 aromatic heterocycles. The summed E-state index contributed by atoms with van der Waals surface area (Å²) >= 11 is 5.94. The summed E-state index contributed by atoms with van der Waals surface area (Å²) in [5.74, 6) is 0. The zero-order valence-corrected chi connectivity index (χ0v) is 11.7. The van der Waals surface area contributed by atoms with Crippen LogP contribution >= 0.6 is 11.6 Å². The van der Waals surface area contributed by atoms with E-state index in [9.17, 15) is 4.79 Å². The van der Waals surface area contributed by atoms with Crippen LogP contribution in [-0.4, -0.2) is 28.5 Å². The Balaban J connectivity index is 1.98. The summed E-state index contributed by atoms with van der Waals surface area (Å²) in [6.07, 6.45) is 8.98. The van der Waals surface area contributed by atoms with Gasteiger partial charge in [-0.05, 0) is 18.6 Å². The van der Waals surface area contributed by atoms with Gasteiger partial charge in [0, 0.05) is 12.7 Å². The second-order valence-electron chi connectivity index (χ2n) is 4.56. The van der Waals surface area contributed by atoms with Gasteiger partial charge in [0.25, 0.3) is 0 Å². The molecule has 19 heavy (non-hydrogen) atoms. The second kappa shape index (κ2) is 6.57. The highest BCUT2D eigenvalue weighted by molar-refractivity contribution is 6.32. The third kappa shape index (κ3) is 3.47. The molecule has 1 aliphatic heterocycles. The Morgan fingerprint density at radius 1 is 1.63 bits per heavy atom. The topological polar surface area (TPSA) is 45.2 Å². The van der Waals surface area contributed by atoms with Crippen LogP contribution in [0.5, 0.6) is 0 Å². The van der Waals surface area contributed by atoms with Crippen LogP contribution in [0.3, 0.4) is 0 Å². The van der Waals surface area contributed by atoms with E-state index < -0.39 is 0 Å². The van der Waals surface area contributed by atoms with Crippen molar-refractivity contribution in [1.29, 1.82) is 0 Å². The van der Waals surface area contributed by atoms with E-state index in [0.717, 1.165) is 19.3 Å². The molecule has 1 aromatic rings. The highest BCUT2D eigenvalue weighted by Gasteiger charge is 2.24. The Labute approximate surface area is 118 Å². The molecule has 0 aliphatic carbocycles. The van der Waals surface area contributed by atoms with Crippen molar-refractivity contribution in [3.05, 3.63) is 35.6 Å². The first-order valence-electron chi connectivity index (χ1n) is 6.57. The van der Waals surface area contributed by atoms with Gasteiger partial charge in [0.05, 0.1) is 11.7 Å². The molecule has 0 bridgehead atoms. The molecule has 1 aliphatic rings. The van der Waals surface area contributed by atoms with Crippen LogP contribution in [0.15, 0.2) is 30.5 Å². The smallest absolute Gasteiger partial charge is 0.314 e. The molecule has 0 saturated carbocycles. The van der Waals surface area contributed by atoms with E-state index in [1.54, 1.807) is 18.3 Å². The molecule has 0 radical (unpaired) electrons. The lowest BCUT2D eigenvalue weighted by Gasteiger charge is -2.25. The molecule has 0 spiro atoms. The van der Waals surface area contributed by atoms with E-state index in [1.807, 2.05) is 11.0 Å². The molecule has 0 fully saturated rings. The quantitative estimate of drug-likeness (QED) is 0.675. The molecule has 2 amide bonds. The van der Waals surface area contributed by atoms with Gasteiger partial charge in [-0.2, -0.15) is 0 Å². The number of carbonyl (C=O) groups is 1. The third-order valence-electron chi connectivity index (χ3n) is 3.18. The van der Waals surface area contributed by atoms with Crippen molar-refractivity contribution in [3.8, 4) is 0 Å². The van der Waals surface area contributed by atoms with E-state index >= 15 is 0 Å². The molecular formula is C14H18ClN3O. The molecule has 1 unspecified atom stereocenters. The van der Waals surface area contributed by atoms with Crippen molar-refractivity contribution >= 4 is 23.3 Å². The zero-order chi connectivity index (χ0) is 13.7. The molecule has 2 rings (SSSR count). The van der Waals surface area contributed by atoms with Crippen LogP contribution in [0, 0.1) is 0 Å². The van der Waals surface area contributed by atoms with Gasteiger partial charge < -0.3 is 10.2 Å². The average Bonchev–Trinajstić information content (AvgIpc) is 2.87. The van der Waals surface area contributed by atoms with Crippen LogP contribution in [0.2, 0.25) is 5.15 Å². The van der Waals surface area contributed by atoms with Crippen LogP contribution in [0.1, 0.15) is 26.2 Å². The number of aromatic nitrogens is 1. The van der Waals surface area contributed by atoms with Gasteiger partial charge in [0.15, 0.2) is 5.15 Å². The molecule has 0 aromatic carbocycles. The van der Waals surface area contributed by atoms with E-state index in [4.69, 9.17) is 11.6 Å². The highest BCUT2D eigenvalue weighted by atomic mass is 35.5. The Kier molecular flexibility index (Phi) is 4.80. The summed E-state index contributed by atoms with van der Waals surface area (Å²) < 4.78 is 0. The number of anilines is 1. The van der Waals surface area contributed by atoms with E-state index in [2.05, 4.69) is 23.3 Å². The number of urea groups is 1.